The van der Waals surface area contributed by atoms with E-state index in [9.17, 15) is 9.59 Å². The van der Waals surface area contributed by atoms with Gasteiger partial charge in [0.15, 0.2) is 0 Å². The maximum atomic E-state index is 12.8. The molecule has 184 valence electrons. The van der Waals surface area contributed by atoms with Gasteiger partial charge < -0.3 is 19.1 Å². The molecule has 3 aromatic carbocycles. The van der Waals surface area contributed by atoms with Gasteiger partial charge in [0, 0.05) is 23.9 Å². The molecule has 0 saturated heterocycles. The van der Waals surface area contributed by atoms with Gasteiger partial charge in [-0.1, -0.05) is 54.6 Å². The number of benzene rings is 3. The van der Waals surface area contributed by atoms with E-state index in [1.807, 2.05) is 30.3 Å². The summed E-state index contributed by atoms with van der Waals surface area (Å²) < 4.78 is 15.9. The molecule has 0 spiro atoms. The summed E-state index contributed by atoms with van der Waals surface area (Å²) in [5.74, 6) is -0.679. The fourth-order valence-corrected chi connectivity index (χ4v) is 4.70. The summed E-state index contributed by atoms with van der Waals surface area (Å²) in [6, 6.07) is 24.7. The lowest BCUT2D eigenvalue weighted by atomic mass is 9.82. The Morgan fingerprint density at radius 1 is 0.743 bits per heavy atom. The van der Waals surface area contributed by atoms with E-state index in [1.54, 1.807) is 7.11 Å². The highest BCUT2D eigenvalue weighted by Crippen LogP contribution is 2.33. The molecule has 35 heavy (non-hydrogen) atoms. The number of esters is 2. The van der Waals surface area contributed by atoms with Gasteiger partial charge in [-0.25, -0.2) is 0 Å². The van der Waals surface area contributed by atoms with Crippen LogP contribution >= 0.6 is 0 Å². The molecule has 0 radical (unpaired) electrons. The second-order valence-electron chi connectivity index (χ2n) is 8.86. The minimum Gasteiger partial charge on any atom is -0.464 e. The van der Waals surface area contributed by atoms with Crippen molar-refractivity contribution in [1.82, 2.24) is 0 Å². The van der Waals surface area contributed by atoms with Gasteiger partial charge in [-0.2, -0.15) is 0 Å². The predicted molar refractivity (Wildman–Crippen MR) is 137 cm³/mol. The zero-order valence-electron chi connectivity index (χ0n) is 20.2. The van der Waals surface area contributed by atoms with E-state index in [-0.39, 0.29) is 37.0 Å². The van der Waals surface area contributed by atoms with E-state index in [0.29, 0.717) is 38.8 Å². The summed E-state index contributed by atoms with van der Waals surface area (Å²) >= 11 is 0. The average molecular weight is 476 g/mol. The van der Waals surface area contributed by atoms with Crippen LogP contribution in [0.1, 0.15) is 25.7 Å². The average Bonchev–Trinajstić information content (AvgIpc) is 2.91. The van der Waals surface area contributed by atoms with Gasteiger partial charge in [-0.15, -0.1) is 0 Å². The van der Waals surface area contributed by atoms with Crippen molar-refractivity contribution < 1.29 is 23.8 Å². The Labute approximate surface area is 206 Å². The highest BCUT2D eigenvalue weighted by molar-refractivity contribution is 5.96. The SMILES string of the molecule is COCCOC(=O)C1CCC(C(=O)OCCN(c2ccccc2)c2cccc3ccccc23)CC1. The number of para-hydroxylation sites is 1. The van der Waals surface area contributed by atoms with E-state index < -0.39 is 0 Å². The van der Waals surface area contributed by atoms with Crippen LogP contribution in [0, 0.1) is 11.8 Å². The number of ether oxygens (including phenoxy) is 3. The van der Waals surface area contributed by atoms with E-state index in [2.05, 4.69) is 47.4 Å². The number of carbonyl (C=O) groups is 2. The lowest BCUT2D eigenvalue weighted by Gasteiger charge is -2.28. The quantitative estimate of drug-likeness (QED) is 0.284. The normalized spacial score (nSPS) is 17.6. The van der Waals surface area contributed by atoms with E-state index in [1.165, 1.54) is 5.39 Å². The molecular weight excluding hydrogens is 442 g/mol. The maximum Gasteiger partial charge on any atom is 0.309 e. The number of rotatable bonds is 10. The highest BCUT2D eigenvalue weighted by atomic mass is 16.6. The topological polar surface area (TPSA) is 65.1 Å². The van der Waals surface area contributed by atoms with Gasteiger partial charge in [0.05, 0.1) is 25.0 Å². The molecule has 0 bridgehead atoms. The number of carbonyl (C=O) groups excluding carboxylic acids is 2. The molecule has 1 aliphatic carbocycles. The summed E-state index contributed by atoms with van der Waals surface area (Å²) in [5.41, 5.74) is 2.13. The highest BCUT2D eigenvalue weighted by Gasteiger charge is 2.31. The van der Waals surface area contributed by atoms with Crippen LogP contribution in [0.3, 0.4) is 0 Å². The number of anilines is 2. The maximum absolute atomic E-state index is 12.8. The molecule has 0 unspecified atom stereocenters. The van der Waals surface area contributed by atoms with Gasteiger partial charge in [0.1, 0.15) is 13.2 Å². The smallest absolute Gasteiger partial charge is 0.309 e. The number of hydrogen-bond donors (Lipinski definition) is 0. The zero-order chi connectivity index (χ0) is 24.5. The first-order valence-electron chi connectivity index (χ1n) is 12.3. The second-order valence-corrected chi connectivity index (χ2v) is 8.86. The Balaban J connectivity index is 1.35. The van der Waals surface area contributed by atoms with Crippen LogP contribution in [0.15, 0.2) is 72.8 Å². The molecule has 4 rings (SSSR count). The van der Waals surface area contributed by atoms with Crippen LogP contribution in [0.2, 0.25) is 0 Å². The first kappa shape index (κ1) is 24.7. The van der Waals surface area contributed by atoms with Crippen LogP contribution in [0.4, 0.5) is 11.4 Å². The third kappa shape index (κ3) is 6.40. The second kappa shape index (κ2) is 12.4. The molecule has 0 heterocycles. The molecule has 0 amide bonds. The van der Waals surface area contributed by atoms with Crippen molar-refractivity contribution in [2.75, 3.05) is 38.4 Å². The van der Waals surface area contributed by atoms with Crippen LogP contribution in [-0.4, -0.2) is 45.4 Å². The summed E-state index contributed by atoms with van der Waals surface area (Å²) in [5, 5.41) is 2.32. The van der Waals surface area contributed by atoms with Crippen molar-refractivity contribution in [2.45, 2.75) is 25.7 Å². The van der Waals surface area contributed by atoms with Crippen molar-refractivity contribution in [3.63, 3.8) is 0 Å². The minimum absolute atomic E-state index is 0.143. The molecule has 0 atom stereocenters. The van der Waals surface area contributed by atoms with E-state index >= 15 is 0 Å². The van der Waals surface area contributed by atoms with E-state index in [4.69, 9.17) is 14.2 Å². The lowest BCUT2D eigenvalue weighted by Crippen LogP contribution is -2.30. The Kier molecular flexibility index (Phi) is 8.74. The predicted octanol–water partition coefficient (Wildman–Crippen LogP) is 5.52. The van der Waals surface area contributed by atoms with Gasteiger partial charge in [0.25, 0.3) is 0 Å². The summed E-state index contributed by atoms with van der Waals surface area (Å²) in [4.78, 5) is 27.1. The molecule has 1 saturated carbocycles. The number of hydrogen-bond acceptors (Lipinski definition) is 6. The van der Waals surface area contributed by atoms with Gasteiger partial charge >= 0.3 is 11.9 Å². The van der Waals surface area contributed by atoms with Crippen LogP contribution in [-0.2, 0) is 23.8 Å². The first-order valence-corrected chi connectivity index (χ1v) is 12.3. The molecule has 0 aromatic heterocycles. The summed E-state index contributed by atoms with van der Waals surface area (Å²) in [6.45, 7) is 1.50. The Hall–Kier alpha value is -3.38. The van der Waals surface area contributed by atoms with Crippen molar-refractivity contribution in [3.05, 3.63) is 72.8 Å². The molecular formula is C29H33NO5. The van der Waals surface area contributed by atoms with Crippen LogP contribution in [0.25, 0.3) is 10.8 Å². The first-order chi connectivity index (χ1) is 17.2. The largest absolute Gasteiger partial charge is 0.464 e. The molecule has 6 heteroatoms. The van der Waals surface area contributed by atoms with Crippen molar-refractivity contribution in [1.29, 1.82) is 0 Å². The van der Waals surface area contributed by atoms with Gasteiger partial charge in [0.2, 0.25) is 0 Å². The summed E-state index contributed by atoms with van der Waals surface area (Å²) in [7, 11) is 1.58. The van der Waals surface area contributed by atoms with E-state index in [0.717, 1.165) is 16.8 Å². The molecule has 0 aliphatic heterocycles. The van der Waals surface area contributed by atoms with Gasteiger partial charge in [-0.05, 0) is 49.3 Å². The fraction of sp³-hybridized carbons (Fsp3) is 0.379. The van der Waals surface area contributed by atoms with Crippen LogP contribution in [0.5, 0.6) is 0 Å². The zero-order valence-corrected chi connectivity index (χ0v) is 20.2. The van der Waals surface area contributed by atoms with Crippen molar-refractivity contribution >= 4 is 34.1 Å². The van der Waals surface area contributed by atoms with Gasteiger partial charge in [-0.3, -0.25) is 9.59 Å². The summed E-state index contributed by atoms with van der Waals surface area (Å²) in [6.07, 6.45) is 2.60. The molecule has 3 aromatic rings. The van der Waals surface area contributed by atoms with Crippen molar-refractivity contribution in [2.24, 2.45) is 11.8 Å². The Morgan fingerprint density at radius 2 is 1.34 bits per heavy atom. The third-order valence-electron chi connectivity index (χ3n) is 6.61. The monoisotopic (exact) mass is 475 g/mol. The van der Waals surface area contributed by atoms with Crippen molar-refractivity contribution in [3.8, 4) is 0 Å². The molecule has 6 nitrogen and oxygen atoms in total. The molecule has 1 fully saturated rings. The Bertz CT molecular complexity index is 1100. The molecule has 0 N–H and O–H groups in total. The third-order valence-corrected chi connectivity index (χ3v) is 6.61. The fourth-order valence-electron chi connectivity index (χ4n) is 4.70. The Morgan fingerprint density at radius 3 is 2.03 bits per heavy atom. The minimum atomic E-state index is -0.192. The lowest BCUT2D eigenvalue weighted by molar-refractivity contribution is -0.155. The number of nitrogens with zero attached hydrogens (tertiary/aromatic N) is 1. The number of methoxy groups -OCH3 is 1. The van der Waals surface area contributed by atoms with Crippen LogP contribution < -0.4 is 4.90 Å². The number of fused-ring (bicyclic) bond motifs is 1. The standard InChI is InChI=1S/C29H33NO5/c1-33-20-21-35-29(32)24-16-14-23(15-17-24)28(31)34-19-18-30(25-10-3-2-4-11-25)27-13-7-9-22-8-5-6-12-26(22)27/h2-13,23-24H,14-21H2,1H3. The molecule has 1 aliphatic rings.